The number of benzene rings is 1. The van der Waals surface area contributed by atoms with Crippen LogP contribution < -0.4 is 10.6 Å². The molecule has 4 rings (SSSR count). The summed E-state index contributed by atoms with van der Waals surface area (Å²) in [5.41, 5.74) is 2.79. The smallest absolute Gasteiger partial charge is 0.326 e. The average Bonchev–Trinajstić information content (AvgIpc) is 3.74. The number of nitrogens with one attached hydrogen (secondary N) is 2. The summed E-state index contributed by atoms with van der Waals surface area (Å²) in [6.45, 7) is 3.73. The van der Waals surface area contributed by atoms with Gasteiger partial charge >= 0.3 is 5.97 Å². The molecule has 200 valence electrons. The highest BCUT2D eigenvalue weighted by atomic mass is 16.5. The number of pyridine rings is 1. The summed E-state index contributed by atoms with van der Waals surface area (Å²) >= 11 is 0. The van der Waals surface area contributed by atoms with Gasteiger partial charge in [0, 0.05) is 32.4 Å². The van der Waals surface area contributed by atoms with Gasteiger partial charge in [-0.25, -0.2) is 9.78 Å². The Morgan fingerprint density at radius 3 is 2.68 bits per heavy atom. The first-order chi connectivity index (χ1) is 18.0. The van der Waals surface area contributed by atoms with E-state index >= 15 is 0 Å². The Balaban J connectivity index is 1.26. The van der Waals surface area contributed by atoms with Gasteiger partial charge in [0.25, 0.3) is 0 Å². The molecule has 37 heavy (non-hydrogen) atoms. The number of fused-ring (bicyclic) bond motifs is 1. The molecule has 8 nitrogen and oxygen atoms in total. The molecule has 1 unspecified atom stereocenters. The Bertz CT molecular complexity index is 1040. The number of methoxy groups -OCH3 is 1. The number of carboxylic acids is 1. The van der Waals surface area contributed by atoms with Gasteiger partial charge in [-0.2, -0.15) is 0 Å². The van der Waals surface area contributed by atoms with Crippen LogP contribution >= 0.6 is 0 Å². The highest BCUT2D eigenvalue weighted by molar-refractivity contribution is 5.94. The molecule has 0 bridgehead atoms. The molecule has 8 heteroatoms. The second-order valence-electron chi connectivity index (χ2n) is 10.2. The molecule has 1 atom stereocenters. The summed E-state index contributed by atoms with van der Waals surface area (Å²) in [5, 5.41) is 16.1. The van der Waals surface area contributed by atoms with E-state index in [-0.39, 0.29) is 5.91 Å². The number of ether oxygens (including phenoxy) is 1. The van der Waals surface area contributed by atoms with Crippen LogP contribution in [0.25, 0.3) is 0 Å². The number of hydrogen-bond donors (Lipinski definition) is 3. The van der Waals surface area contributed by atoms with Gasteiger partial charge in [0.05, 0.1) is 12.0 Å². The number of rotatable bonds is 15. The van der Waals surface area contributed by atoms with Crippen molar-refractivity contribution in [2.24, 2.45) is 0 Å². The van der Waals surface area contributed by atoms with Crippen molar-refractivity contribution in [1.82, 2.24) is 15.2 Å². The van der Waals surface area contributed by atoms with Crippen molar-refractivity contribution in [2.45, 2.75) is 62.8 Å². The Kier molecular flexibility index (Phi) is 9.52. The fourth-order valence-electron chi connectivity index (χ4n) is 5.10. The minimum absolute atomic E-state index is 0.179. The van der Waals surface area contributed by atoms with Gasteiger partial charge in [-0.15, -0.1) is 0 Å². The van der Waals surface area contributed by atoms with Crippen LogP contribution in [0.4, 0.5) is 5.82 Å². The van der Waals surface area contributed by atoms with E-state index in [1.54, 1.807) is 7.11 Å². The third kappa shape index (κ3) is 7.29. The second-order valence-corrected chi connectivity index (χ2v) is 10.2. The second kappa shape index (κ2) is 13.0. The topological polar surface area (TPSA) is 104 Å². The highest BCUT2D eigenvalue weighted by Gasteiger charge is 2.51. The molecule has 1 aliphatic carbocycles. The average molecular weight is 509 g/mol. The fraction of sp³-hybridized carbons (Fsp3) is 0.552. The number of nitrogens with zero attached hydrogens (tertiary/aromatic N) is 2. The molecule has 1 aliphatic heterocycles. The Hall–Kier alpha value is -2.97. The number of carboxylic acid groups (broad SMARTS) is 1. The van der Waals surface area contributed by atoms with Crippen molar-refractivity contribution >= 4 is 17.7 Å². The zero-order valence-electron chi connectivity index (χ0n) is 21.9. The van der Waals surface area contributed by atoms with Gasteiger partial charge in [0.2, 0.25) is 5.91 Å². The first-order valence-corrected chi connectivity index (χ1v) is 13.5. The molecule has 2 aromatic rings. The summed E-state index contributed by atoms with van der Waals surface area (Å²) < 4.78 is 5.28. The lowest BCUT2D eigenvalue weighted by Crippen LogP contribution is -2.47. The molecule has 0 saturated heterocycles. The highest BCUT2D eigenvalue weighted by Crippen LogP contribution is 2.48. The van der Waals surface area contributed by atoms with E-state index in [1.165, 1.54) is 5.56 Å². The maximum absolute atomic E-state index is 13.1. The number of unbranched alkanes of at least 4 members (excludes halogenated alkanes) is 1. The number of hydrogen-bond acceptors (Lipinski definition) is 6. The summed E-state index contributed by atoms with van der Waals surface area (Å²) in [6, 6.07) is 13.1. The van der Waals surface area contributed by atoms with Gasteiger partial charge in [-0.3, -0.25) is 4.79 Å². The first-order valence-electron chi connectivity index (χ1n) is 13.5. The predicted octanol–water partition coefficient (Wildman–Crippen LogP) is 3.40. The number of anilines is 1. The number of carbonyl (C=O) groups excluding carboxylic acids is 1. The Labute approximate surface area is 219 Å². The van der Waals surface area contributed by atoms with E-state index in [2.05, 4.69) is 27.7 Å². The maximum Gasteiger partial charge on any atom is 0.326 e. The quantitative estimate of drug-likeness (QED) is 0.317. The van der Waals surface area contributed by atoms with Crippen molar-refractivity contribution in [3.05, 3.63) is 59.3 Å². The minimum atomic E-state index is -0.990. The van der Waals surface area contributed by atoms with Gasteiger partial charge in [0.15, 0.2) is 0 Å². The number of carbonyl (C=O) groups is 2. The largest absolute Gasteiger partial charge is 0.480 e. The molecular formula is C29H40N4O4. The van der Waals surface area contributed by atoms with Gasteiger partial charge in [-0.05, 0) is 75.1 Å². The van der Waals surface area contributed by atoms with Crippen molar-refractivity contribution in [2.75, 3.05) is 45.2 Å². The molecule has 1 fully saturated rings. The lowest BCUT2D eigenvalue weighted by Gasteiger charge is -2.25. The van der Waals surface area contributed by atoms with Crippen LogP contribution in [0.5, 0.6) is 0 Å². The summed E-state index contributed by atoms with van der Waals surface area (Å²) in [7, 11) is 1.67. The summed E-state index contributed by atoms with van der Waals surface area (Å²) in [4.78, 5) is 32.1. The molecule has 2 heterocycles. The zero-order chi connectivity index (χ0) is 26.1. The van der Waals surface area contributed by atoms with Crippen molar-refractivity contribution in [3.8, 4) is 0 Å². The van der Waals surface area contributed by atoms with Gasteiger partial charge < -0.3 is 25.4 Å². The number of aliphatic carboxylic acids is 1. The van der Waals surface area contributed by atoms with Crippen molar-refractivity contribution < 1.29 is 19.4 Å². The predicted molar refractivity (Wildman–Crippen MR) is 144 cm³/mol. The normalized spacial score (nSPS) is 16.5. The van der Waals surface area contributed by atoms with Crippen LogP contribution in [0.2, 0.25) is 0 Å². The van der Waals surface area contributed by atoms with Crippen LogP contribution in [-0.4, -0.2) is 72.8 Å². The molecule has 2 aliphatic rings. The van der Waals surface area contributed by atoms with Crippen LogP contribution in [0.3, 0.4) is 0 Å². The molecule has 3 N–H and O–H groups in total. The minimum Gasteiger partial charge on any atom is -0.480 e. The fourth-order valence-corrected chi connectivity index (χ4v) is 5.10. The molecule has 1 aromatic heterocycles. The van der Waals surface area contributed by atoms with Crippen LogP contribution in [0, 0.1) is 0 Å². The SMILES string of the molecule is COCCN(CCCCc1ccc2c(n1)NCCC2)CCC(NC(=O)C1(c2ccccc2)CC1)C(=O)O. The maximum atomic E-state index is 13.1. The number of aryl methyl sites for hydroxylation is 2. The van der Waals surface area contributed by atoms with E-state index in [9.17, 15) is 14.7 Å². The van der Waals surface area contributed by atoms with Crippen molar-refractivity contribution in [3.63, 3.8) is 0 Å². The van der Waals surface area contributed by atoms with Gasteiger partial charge in [0.1, 0.15) is 11.9 Å². The lowest BCUT2D eigenvalue weighted by atomic mass is 9.94. The van der Waals surface area contributed by atoms with E-state index in [4.69, 9.17) is 9.72 Å². The molecule has 0 radical (unpaired) electrons. The molecule has 0 spiro atoms. The van der Waals surface area contributed by atoms with E-state index in [1.807, 2.05) is 30.3 Å². The summed E-state index contributed by atoms with van der Waals surface area (Å²) in [6.07, 6.45) is 7.02. The molecular weight excluding hydrogens is 468 g/mol. The monoisotopic (exact) mass is 508 g/mol. The van der Waals surface area contributed by atoms with E-state index in [0.717, 1.165) is 81.7 Å². The van der Waals surface area contributed by atoms with Crippen LogP contribution in [0.15, 0.2) is 42.5 Å². The van der Waals surface area contributed by atoms with E-state index < -0.39 is 17.4 Å². The third-order valence-electron chi connectivity index (χ3n) is 7.57. The lowest BCUT2D eigenvalue weighted by molar-refractivity contribution is -0.142. The Morgan fingerprint density at radius 1 is 1.14 bits per heavy atom. The summed E-state index contributed by atoms with van der Waals surface area (Å²) in [5.74, 6) is -0.134. The first kappa shape index (κ1) is 27.1. The number of amides is 1. The number of aromatic nitrogens is 1. The van der Waals surface area contributed by atoms with Gasteiger partial charge in [-0.1, -0.05) is 36.4 Å². The van der Waals surface area contributed by atoms with Crippen LogP contribution in [0.1, 0.15) is 55.3 Å². The molecule has 1 saturated carbocycles. The molecule has 1 amide bonds. The standard InChI is InChI=1S/C29H40N4O4/c1-37-21-20-33(18-6-5-11-24-13-12-22-8-7-17-30-26(22)31-24)19-14-25(27(34)35)32-28(36)29(15-16-29)23-9-3-2-4-10-23/h2-4,9-10,12-13,25H,5-8,11,14-21H2,1H3,(H,30,31)(H,32,36)(H,34,35). The zero-order valence-corrected chi connectivity index (χ0v) is 21.9. The van der Waals surface area contributed by atoms with Crippen molar-refractivity contribution in [1.29, 1.82) is 0 Å². The molecule has 1 aromatic carbocycles. The Morgan fingerprint density at radius 2 is 1.95 bits per heavy atom. The van der Waals surface area contributed by atoms with Crippen LogP contribution in [-0.2, 0) is 32.6 Å². The third-order valence-corrected chi connectivity index (χ3v) is 7.57. The van der Waals surface area contributed by atoms with E-state index in [0.29, 0.717) is 19.6 Å².